The van der Waals surface area contributed by atoms with E-state index in [4.69, 9.17) is 21.1 Å². The molecule has 2 atom stereocenters. The van der Waals surface area contributed by atoms with Crippen molar-refractivity contribution in [3.05, 3.63) is 70.6 Å². The predicted molar refractivity (Wildman–Crippen MR) is 126 cm³/mol. The molecular formula is C25H26ClF2N3O3. The first kappa shape index (κ1) is 24.2. The normalized spacial score (nSPS) is 18.6. The maximum Gasteiger partial charge on any atom is 0.407 e. The number of pyridine rings is 1. The molecule has 2 unspecified atom stereocenters. The molecule has 4 rings (SSSR count). The predicted octanol–water partition coefficient (Wildman–Crippen LogP) is 4.92. The Bertz CT molecular complexity index is 1150. The summed E-state index contributed by atoms with van der Waals surface area (Å²) in [6.45, 7) is 1.43. The van der Waals surface area contributed by atoms with Gasteiger partial charge >= 0.3 is 6.09 Å². The van der Waals surface area contributed by atoms with E-state index in [1.54, 1.807) is 6.07 Å². The third-order valence-electron chi connectivity index (χ3n) is 6.01. The monoisotopic (exact) mass is 489 g/mol. The second kappa shape index (κ2) is 11.0. The van der Waals surface area contributed by atoms with Gasteiger partial charge in [0.05, 0.1) is 18.2 Å². The van der Waals surface area contributed by atoms with E-state index in [1.165, 1.54) is 19.4 Å². The average Bonchev–Trinajstić information content (AvgIpc) is 2.84. The summed E-state index contributed by atoms with van der Waals surface area (Å²) < 4.78 is 39.6. The van der Waals surface area contributed by atoms with Crippen LogP contribution in [-0.4, -0.2) is 54.9 Å². The third-order valence-corrected chi connectivity index (χ3v) is 6.34. The number of carbonyl (C=O) groups excluding carboxylic acids is 1. The van der Waals surface area contributed by atoms with Gasteiger partial charge < -0.3 is 14.8 Å². The number of carbonyl (C=O) groups is 1. The number of alkyl halides is 1. The van der Waals surface area contributed by atoms with Crippen LogP contribution < -0.4 is 10.1 Å². The van der Waals surface area contributed by atoms with Crippen molar-refractivity contribution in [3.63, 3.8) is 0 Å². The first-order valence-corrected chi connectivity index (χ1v) is 11.5. The van der Waals surface area contributed by atoms with Crippen LogP contribution in [0.2, 0.25) is 5.02 Å². The van der Waals surface area contributed by atoms with Crippen LogP contribution in [0.5, 0.6) is 5.75 Å². The average molecular weight is 490 g/mol. The van der Waals surface area contributed by atoms with Gasteiger partial charge in [0.1, 0.15) is 24.0 Å². The van der Waals surface area contributed by atoms with Crippen LogP contribution in [0.4, 0.5) is 13.6 Å². The van der Waals surface area contributed by atoms with E-state index in [0.29, 0.717) is 42.1 Å². The summed E-state index contributed by atoms with van der Waals surface area (Å²) in [7, 11) is 1.47. The smallest absolute Gasteiger partial charge is 0.407 e. The molecule has 1 fully saturated rings. The lowest BCUT2D eigenvalue weighted by Gasteiger charge is -2.34. The number of nitrogens with zero attached hydrogens (tertiary/aromatic N) is 2. The first-order valence-electron chi connectivity index (χ1n) is 11.1. The quantitative estimate of drug-likeness (QED) is 0.510. The molecule has 2 aromatic carbocycles. The number of aromatic nitrogens is 1. The molecule has 9 heteroatoms. The molecule has 1 N–H and O–H groups in total. The number of alkyl carbamates (subject to hydrolysis) is 1. The summed E-state index contributed by atoms with van der Waals surface area (Å²) in [5.41, 5.74) is 1.83. The number of methoxy groups -OCH3 is 1. The molecule has 34 heavy (non-hydrogen) atoms. The second-order valence-corrected chi connectivity index (χ2v) is 8.67. The fourth-order valence-electron chi connectivity index (χ4n) is 4.15. The number of ether oxygens (including phenoxy) is 2. The van der Waals surface area contributed by atoms with Gasteiger partial charge in [0.15, 0.2) is 5.82 Å². The SMILES string of the molecule is COc1cc(F)c2ncc(Cl)c(CCN3CCC(NC(=O)OCc4ccccc4)C(F)C3)c2c1. The van der Waals surface area contributed by atoms with E-state index in [1.807, 2.05) is 35.2 Å². The van der Waals surface area contributed by atoms with Crippen molar-refractivity contribution in [1.82, 2.24) is 15.2 Å². The van der Waals surface area contributed by atoms with Crippen LogP contribution in [0.25, 0.3) is 10.9 Å². The van der Waals surface area contributed by atoms with Crippen LogP contribution in [0.1, 0.15) is 17.5 Å². The Balaban J connectivity index is 1.32. The summed E-state index contributed by atoms with van der Waals surface area (Å²) >= 11 is 6.37. The highest BCUT2D eigenvalue weighted by molar-refractivity contribution is 6.32. The van der Waals surface area contributed by atoms with Gasteiger partial charge in [0.25, 0.3) is 0 Å². The van der Waals surface area contributed by atoms with Crippen molar-refractivity contribution in [2.45, 2.75) is 31.7 Å². The van der Waals surface area contributed by atoms with Gasteiger partial charge in [-0.15, -0.1) is 0 Å². The van der Waals surface area contributed by atoms with Gasteiger partial charge in [0.2, 0.25) is 0 Å². The lowest BCUT2D eigenvalue weighted by molar-refractivity contribution is 0.0888. The van der Waals surface area contributed by atoms with Crippen LogP contribution in [-0.2, 0) is 17.8 Å². The van der Waals surface area contributed by atoms with E-state index < -0.39 is 24.1 Å². The molecule has 6 nitrogen and oxygen atoms in total. The van der Waals surface area contributed by atoms with E-state index in [9.17, 15) is 13.6 Å². The lowest BCUT2D eigenvalue weighted by atomic mass is 10.0. The van der Waals surface area contributed by atoms with E-state index >= 15 is 0 Å². The highest BCUT2D eigenvalue weighted by Gasteiger charge is 2.30. The van der Waals surface area contributed by atoms with Crippen molar-refractivity contribution in [2.75, 3.05) is 26.7 Å². The molecule has 0 aliphatic carbocycles. The van der Waals surface area contributed by atoms with Crippen molar-refractivity contribution in [1.29, 1.82) is 0 Å². The number of hydrogen-bond acceptors (Lipinski definition) is 5. The summed E-state index contributed by atoms with van der Waals surface area (Å²) in [5, 5.41) is 3.65. The summed E-state index contributed by atoms with van der Waals surface area (Å²) in [6, 6.07) is 11.7. The molecule has 0 radical (unpaired) electrons. The minimum absolute atomic E-state index is 0.133. The third kappa shape index (κ3) is 5.74. The van der Waals surface area contributed by atoms with Gasteiger partial charge in [0, 0.05) is 37.3 Å². The van der Waals surface area contributed by atoms with Gasteiger partial charge in [-0.3, -0.25) is 9.88 Å². The topological polar surface area (TPSA) is 63.7 Å². The molecule has 0 saturated carbocycles. The van der Waals surface area contributed by atoms with Crippen LogP contribution in [0.15, 0.2) is 48.7 Å². The molecule has 1 aliphatic rings. The first-order chi connectivity index (χ1) is 16.4. The Labute approximate surface area is 201 Å². The van der Waals surface area contributed by atoms with Crippen LogP contribution in [0, 0.1) is 5.82 Å². The zero-order chi connectivity index (χ0) is 24.1. The minimum Gasteiger partial charge on any atom is -0.497 e. The van der Waals surface area contributed by atoms with Crippen LogP contribution in [0.3, 0.4) is 0 Å². The number of rotatable bonds is 7. The molecule has 0 bridgehead atoms. The van der Waals surface area contributed by atoms with Gasteiger partial charge in [-0.1, -0.05) is 41.9 Å². The molecule has 0 spiro atoms. The Morgan fingerprint density at radius 2 is 2.09 bits per heavy atom. The highest BCUT2D eigenvalue weighted by Crippen LogP contribution is 2.30. The van der Waals surface area contributed by atoms with Gasteiger partial charge in [-0.05, 0) is 30.0 Å². The number of benzene rings is 2. The zero-order valence-electron chi connectivity index (χ0n) is 18.8. The number of halogens is 3. The Morgan fingerprint density at radius 3 is 2.82 bits per heavy atom. The standard InChI is InChI=1S/C25H26ClF2N3O3/c1-33-17-11-19-18(20(26)13-29-24(19)21(27)12-17)7-9-31-10-8-23(22(28)14-31)30-25(32)34-15-16-5-3-2-4-6-16/h2-6,11-13,22-23H,7-10,14-15H2,1H3,(H,30,32). The molecule has 180 valence electrons. The zero-order valence-corrected chi connectivity index (χ0v) is 19.5. The van der Waals surface area contributed by atoms with Crippen molar-refractivity contribution in [3.8, 4) is 5.75 Å². The number of likely N-dealkylation sites (tertiary alicyclic amines) is 1. The number of amides is 1. The Hall–Kier alpha value is -2.97. The molecule has 1 aliphatic heterocycles. The maximum atomic E-state index is 14.8. The van der Waals surface area contributed by atoms with Crippen molar-refractivity contribution < 1.29 is 23.0 Å². The van der Waals surface area contributed by atoms with Crippen molar-refractivity contribution in [2.24, 2.45) is 0 Å². The largest absolute Gasteiger partial charge is 0.497 e. The maximum absolute atomic E-state index is 14.8. The Kier molecular flexibility index (Phi) is 7.80. The summed E-state index contributed by atoms with van der Waals surface area (Å²) in [5.74, 6) is -0.104. The van der Waals surface area contributed by atoms with Crippen molar-refractivity contribution >= 4 is 28.6 Å². The highest BCUT2D eigenvalue weighted by atomic mass is 35.5. The summed E-state index contributed by atoms with van der Waals surface area (Å²) in [6.07, 6.45) is 0.518. The number of piperidine rings is 1. The van der Waals surface area contributed by atoms with Crippen LogP contribution >= 0.6 is 11.6 Å². The van der Waals surface area contributed by atoms with E-state index in [0.717, 1.165) is 11.1 Å². The Morgan fingerprint density at radius 1 is 1.29 bits per heavy atom. The van der Waals surface area contributed by atoms with Gasteiger partial charge in [-0.25, -0.2) is 13.6 Å². The molecule has 3 aromatic rings. The number of fused-ring (bicyclic) bond motifs is 1. The number of nitrogens with one attached hydrogen (secondary N) is 1. The fourth-order valence-corrected chi connectivity index (χ4v) is 4.40. The molecule has 1 aromatic heterocycles. The second-order valence-electron chi connectivity index (χ2n) is 8.26. The van der Waals surface area contributed by atoms with E-state index in [-0.39, 0.29) is 18.7 Å². The van der Waals surface area contributed by atoms with E-state index in [2.05, 4.69) is 10.3 Å². The van der Waals surface area contributed by atoms with Gasteiger partial charge in [-0.2, -0.15) is 0 Å². The molecule has 2 heterocycles. The molecular weight excluding hydrogens is 464 g/mol. The minimum atomic E-state index is -1.24. The summed E-state index contributed by atoms with van der Waals surface area (Å²) in [4.78, 5) is 18.2. The molecule has 1 amide bonds. The molecule has 1 saturated heterocycles. The lowest BCUT2D eigenvalue weighted by Crippen LogP contribution is -2.52. The fraction of sp³-hybridized carbons (Fsp3) is 0.360. The number of hydrogen-bond donors (Lipinski definition) is 1.